The molecule has 35 heavy (non-hydrogen) atoms. The summed E-state index contributed by atoms with van der Waals surface area (Å²) in [6.07, 6.45) is 6.03. The van der Waals surface area contributed by atoms with Crippen LogP contribution in [0, 0.1) is 11.8 Å². The minimum Gasteiger partial charge on any atom is -0.324 e. The van der Waals surface area contributed by atoms with Crippen LogP contribution in [0.5, 0.6) is 0 Å². The van der Waals surface area contributed by atoms with E-state index in [1.165, 1.54) is 13.3 Å². The number of piperidine rings is 1. The SMILES string of the molecule is CC(=O)c1ccc(NC(=O)N2C[C@H]3C[C@H](C2)c2ccc(NC(=O)C4CCCCC4)c(=O)n2C3)cc1. The van der Waals surface area contributed by atoms with Crippen molar-refractivity contribution in [2.24, 2.45) is 11.8 Å². The van der Waals surface area contributed by atoms with E-state index in [0.29, 0.717) is 36.6 Å². The van der Waals surface area contributed by atoms with E-state index in [0.717, 1.165) is 37.8 Å². The molecule has 184 valence electrons. The Morgan fingerprint density at radius 1 is 0.886 bits per heavy atom. The number of pyridine rings is 1. The third kappa shape index (κ3) is 4.88. The molecule has 2 aromatic rings. The van der Waals surface area contributed by atoms with Crippen LogP contribution in [-0.4, -0.2) is 40.3 Å². The molecule has 8 nitrogen and oxygen atoms in total. The Morgan fingerprint density at radius 3 is 2.34 bits per heavy atom. The molecule has 2 N–H and O–H groups in total. The molecular weight excluding hydrogens is 444 g/mol. The minimum atomic E-state index is -0.178. The van der Waals surface area contributed by atoms with Crippen LogP contribution in [0.4, 0.5) is 16.2 Å². The van der Waals surface area contributed by atoms with Gasteiger partial charge in [-0.15, -0.1) is 0 Å². The van der Waals surface area contributed by atoms with Crippen LogP contribution in [0.1, 0.15) is 67.4 Å². The number of hydrogen-bond donors (Lipinski definition) is 2. The molecule has 3 heterocycles. The van der Waals surface area contributed by atoms with E-state index in [9.17, 15) is 19.2 Å². The summed E-state index contributed by atoms with van der Waals surface area (Å²) >= 11 is 0. The molecule has 2 atom stereocenters. The number of carbonyl (C=O) groups is 3. The first kappa shape index (κ1) is 23.3. The lowest BCUT2D eigenvalue weighted by atomic mass is 9.83. The number of urea groups is 1. The second-order valence-corrected chi connectivity index (χ2v) is 10.2. The van der Waals surface area contributed by atoms with Crippen molar-refractivity contribution in [2.45, 2.75) is 57.9 Å². The second kappa shape index (κ2) is 9.68. The summed E-state index contributed by atoms with van der Waals surface area (Å²) in [5.41, 5.74) is 2.38. The number of aromatic nitrogens is 1. The average molecular weight is 477 g/mol. The van der Waals surface area contributed by atoms with Crippen molar-refractivity contribution >= 4 is 29.1 Å². The van der Waals surface area contributed by atoms with Gasteiger partial charge in [-0.1, -0.05) is 19.3 Å². The molecule has 0 spiro atoms. The lowest BCUT2D eigenvalue weighted by Crippen LogP contribution is -2.50. The van der Waals surface area contributed by atoms with Gasteiger partial charge in [0.25, 0.3) is 5.56 Å². The summed E-state index contributed by atoms with van der Waals surface area (Å²) in [5, 5.41) is 5.82. The Hall–Kier alpha value is -3.42. The van der Waals surface area contributed by atoms with E-state index in [-0.39, 0.29) is 41.0 Å². The molecule has 3 aliphatic rings. The van der Waals surface area contributed by atoms with Gasteiger partial charge in [0.2, 0.25) is 5.91 Å². The van der Waals surface area contributed by atoms with Gasteiger partial charge < -0.3 is 20.1 Å². The molecular formula is C27H32N4O4. The molecule has 2 aliphatic heterocycles. The number of carbonyl (C=O) groups excluding carboxylic acids is 3. The molecule has 1 aromatic heterocycles. The highest BCUT2D eigenvalue weighted by molar-refractivity contribution is 5.95. The van der Waals surface area contributed by atoms with Crippen LogP contribution in [0.3, 0.4) is 0 Å². The van der Waals surface area contributed by atoms with E-state index in [2.05, 4.69) is 10.6 Å². The van der Waals surface area contributed by atoms with E-state index >= 15 is 0 Å². The van der Waals surface area contributed by atoms with Gasteiger partial charge in [0.15, 0.2) is 5.78 Å². The quantitative estimate of drug-likeness (QED) is 0.645. The van der Waals surface area contributed by atoms with E-state index in [1.54, 1.807) is 34.9 Å². The highest BCUT2D eigenvalue weighted by atomic mass is 16.2. The van der Waals surface area contributed by atoms with E-state index < -0.39 is 0 Å². The molecule has 1 aliphatic carbocycles. The number of Topliss-reactive ketones (excluding diaryl/α,β-unsaturated/α-hetero) is 1. The number of nitrogens with zero attached hydrogens (tertiary/aromatic N) is 2. The predicted octanol–water partition coefficient (Wildman–Crippen LogP) is 4.22. The van der Waals surface area contributed by atoms with Crippen molar-refractivity contribution < 1.29 is 14.4 Å². The van der Waals surface area contributed by atoms with Gasteiger partial charge in [-0.05, 0) is 68.5 Å². The van der Waals surface area contributed by atoms with Gasteiger partial charge in [0.1, 0.15) is 5.69 Å². The van der Waals surface area contributed by atoms with Crippen molar-refractivity contribution in [3.05, 3.63) is 58.0 Å². The highest BCUT2D eigenvalue weighted by Gasteiger charge is 2.37. The van der Waals surface area contributed by atoms with Gasteiger partial charge in [0, 0.05) is 48.4 Å². The van der Waals surface area contributed by atoms with Crippen molar-refractivity contribution in [3.8, 4) is 0 Å². The monoisotopic (exact) mass is 476 g/mol. The molecule has 1 saturated heterocycles. The first-order valence-corrected chi connectivity index (χ1v) is 12.6. The number of rotatable bonds is 4. The van der Waals surface area contributed by atoms with Gasteiger partial charge >= 0.3 is 6.03 Å². The van der Waals surface area contributed by atoms with Crippen molar-refractivity contribution in [2.75, 3.05) is 23.7 Å². The zero-order chi connectivity index (χ0) is 24.5. The third-order valence-corrected chi connectivity index (χ3v) is 7.67. The topological polar surface area (TPSA) is 101 Å². The number of anilines is 2. The molecule has 1 aromatic carbocycles. The van der Waals surface area contributed by atoms with Crippen molar-refractivity contribution in [1.82, 2.24) is 9.47 Å². The number of amides is 3. The maximum Gasteiger partial charge on any atom is 0.321 e. The number of benzene rings is 1. The van der Waals surface area contributed by atoms with Crippen LogP contribution in [0.15, 0.2) is 41.2 Å². The molecule has 0 radical (unpaired) electrons. The van der Waals surface area contributed by atoms with Gasteiger partial charge in [-0.3, -0.25) is 14.4 Å². The molecule has 3 amide bonds. The summed E-state index contributed by atoms with van der Waals surface area (Å²) in [7, 11) is 0. The fourth-order valence-corrected chi connectivity index (χ4v) is 5.80. The highest BCUT2D eigenvalue weighted by Crippen LogP contribution is 2.36. The fraction of sp³-hybridized carbons (Fsp3) is 0.481. The summed E-state index contributed by atoms with van der Waals surface area (Å²) in [6, 6.07) is 10.4. The predicted molar refractivity (Wildman–Crippen MR) is 134 cm³/mol. The Labute approximate surface area is 204 Å². The maximum absolute atomic E-state index is 13.2. The van der Waals surface area contributed by atoms with Crippen molar-refractivity contribution in [1.29, 1.82) is 0 Å². The summed E-state index contributed by atoms with van der Waals surface area (Å²) in [5.74, 6) is 0.183. The molecule has 2 bridgehead atoms. The summed E-state index contributed by atoms with van der Waals surface area (Å²) < 4.78 is 1.80. The van der Waals surface area contributed by atoms with E-state index in [4.69, 9.17) is 0 Å². The minimum absolute atomic E-state index is 0.00528. The first-order valence-electron chi connectivity index (χ1n) is 12.6. The first-order chi connectivity index (χ1) is 16.9. The Morgan fingerprint density at radius 2 is 1.63 bits per heavy atom. The van der Waals surface area contributed by atoms with Gasteiger partial charge in [-0.2, -0.15) is 0 Å². The summed E-state index contributed by atoms with van der Waals surface area (Å²) in [6.45, 7) is 3.14. The average Bonchev–Trinajstić information content (AvgIpc) is 2.86. The molecule has 8 heteroatoms. The van der Waals surface area contributed by atoms with Gasteiger partial charge in [-0.25, -0.2) is 4.79 Å². The number of nitrogens with one attached hydrogen (secondary N) is 2. The van der Waals surface area contributed by atoms with Crippen LogP contribution >= 0.6 is 0 Å². The Balaban J connectivity index is 1.27. The molecule has 2 fully saturated rings. The van der Waals surface area contributed by atoms with Gasteiger partial charge in [0.05, 0.1) is 0 Å². The zero-order valence-electron chi connectivity index (χ0n) is 20.1. The lowest BCUT2D eigenvalue weighted by Gasteiger charge is -2.42. The Bertz CT molecular complexity index is 1200. The van der Waals surface area contributed by atoms with Crippen LogP contribution in [0.2, 0.25) is 0 Å². The van der Waals surface area contributed by atoms with Crippen LogP contribution < -0.4 is 16.2 Å². The van der Waals surface area contributed by atoms with E-state index in [1.807, 2.05) is 11.0 Å². The number of hydrogen-bond acceptors (Lipinski definition) is 4. The zero-order valence-corrected chi connectivity index (χ0v) is 20.1. The van der Waals surface area contributed by atoms with Crippen molar-refractivity contribution in [3.63, 3.8) is 0 Å². The largest absolute Gasteiger partial charge is 0.324 e. The Kier molecular flexibility index (Phi) is 6.45. The third-order valence-electron chi connectivity index (χ3n) is 7.67. The number of likely N-dealkylation sites (tertiary alicyclic amines) is 1. The fourth-order valence-electron chi connectivity index (χ4n) is 5.80. The number of fused-ring (bicyclic) bond motifs is 4. The second-order valence-electron chi connectivity index (χ2n) is 10.2. The normalized spacial score (nSPS) is 21.7. The maximum atomic E-state index is 13.2. The smallest absolute Gasteiger partial charge is 0.321 e. The lowest BCUT2D eigenvalue weighted by molar-refractivity contribution is -0.120. The molecule has 1 saturated carbocycles. The summed E-state index contributed by atoms with van der Waals surface area (Å²) in [4.78, 5) is 52.1. The molecule has 0 unspecified atom stereocenters. The molecule has 5 rings (SSSR count). The van der Waals surface area contributed by atoms with Crippen LogP contribution in [0.25, 0.3) is 0 Å². The van der Waals surface area contributed by atoms with Crippen LogP contribution in [-0.2, 0) is 11.3 Å². The number of ketones is 1. The standard InChI is InChI=1S/C27H32N4O4/c1-17(32)19-7-9-22(10-8-19)28-27(35)30-14-18-13-21(16-30)24-12-11-23(26(34)31(24)15-18)29-25(33)20-5-3-2-4-6-20/h7-12,18,20-21H,2-6,13-16H2,1H3,(H,28,35)(H,29,33)/t18-,21-/m1/s1.